The maximum Gasteiger partial charge on any atom is 4.00 e. The van der Waals surface area contributed by atoms with E-state index >= 15 is 0 Å². The van der Waals surface area contributed by atoms with Crippen LogP contribution in [0.3, 0.4) is 0 Å². The van der Waals surface area contributed by atoms with Gasteiger partial charge in [0.05, 0.1) is 0 Å². The Morgan fingerprint density at radius 3 is 1.40 bits per heavy atom. The van der Waals surface area contributed by atoms with E-state index in [4.69, 9.17) is 5.73 Å². The second-order valence-electron chi connectivity index (χ2n) is 1.15. The topological polar surface area (TPSA) is 23.8 Å². The zero-order chi connectivity index (χ0) is 3.58. The first kappa shape index (κ1) is 9.28. The van der Waals surface area contributed by atoms with Crippen LogP contribution in [0.1, 0.15) is 13.8 Å². The SMILES string of the molecule is CC(C)[NH-].[Zr+4]. The summed E-state index contributed by atoms with van der Waals surface area (Å²) < 4.78 is 0. The third kappa shape index (κ3) is 55.1. The summed E-state index contributed by atoms with van der Waals surface area (Å²) in [5.74, 6) is 0. The van der Waals surface area contributed by atoms with Gasteiger partial charge < -0.3 is 5.73 Å². The number of hydrogen-bond acceptors (Lipinski definition) is 0. The summed E-state index contributed by atoms with van der Waals surface area (Å²) in [5.41, 5.74) is 6.58. The van der Waals surface area contributed by atoms with Crippen molar-refractivity contribution in [1.29, 1.82) is 0 Å². The van der Waals surface area contributed by atoms with Crippen LogP contribution in [0.25, 0.3) is 5.73 Å². The molecule has 0 aromatic rings. The molecule has 0 radical (unpaired) electrons. The Balaban J connectivity index is 0. The molecule has 1 N–H and O–H groups in total. The molecule has 0 aromatic carbocycles. The number of rotatable bonds is 0. The van der Waals surface area contributed by atoms with Crippen molar-refractivity contribution >= 4 is 0 Å². The molecular weight excluding hydrogens is 141 g/mol. The van der Waals surface area contributed by atoms with Crippen molar-refractivity contribution in [2.45, 2.75) is 19.9 Å². The van der Waals surface area contributed by atoms with Crippen LogP contribution in [0, 0.1) is 0 Å². The van der Waals surface area contributed by atoms with Crippen molar-refractivity contribution in [3.63, 3.8) is 0 Å². The Kier molecular flexibility index (Phi) is 8.99. The van der Waals surface area contributed by atoms with E-state index in [2.05, 4.69) is 0 Å². The van der Waals surface area contributed by atoms with Gasteiger partial charge in [0, 0.05) is 0 Å². The van der Waals surface area contributed by atoms with Gasteiger partial charge in [-0.1, -0.05) is 13.8 Å². The van der Waals surface area contributed by atoms with Crippen LogP contribution in [-0.4, -0.2) is 6.04 Å². The predicted octanol–water partition coefficient (Wildman–Crippen LogP) is 1.44. The molecular formula is C3H8NZr+3. The summed E-state index contributed by atoms with van der Waals surface area (Å²) in [6, 6.07) is 0.0833. The Hall–Kier alpha value is 0.843. The molecule has 0 rings (SSSR count). The molecule has 0 aliphatic rings. The first-order valence-corrected chi connectivity index (χ1v) is 1.44. The molecule has 0 spiro atoms. The molecule has 0 aliphatic heterocycles. The van der Waals surface area contributed by atoms with E-state index in [9.17, 15) is 0 Å². The molecule has 0 heterocycles. The molecule has 0 atom stereocenters. The predicted molar refractivity (Wildman–Crippen MR) is 19.5 cm³/mol. The van der Waals surface area contributed by atoms with Gasteiger partial charge in [0.2, 0.25) is 0 Å². The zero-order valence-electron chi connectivity index (χ0n) is 3.58. The minimum Gasteiger partial charge on any atom is -0.675 e. The van der Waals surface area contributed by atoms with E-state index in [0.717, 1.165) is 0 Å². The van der Waals surface area contributed by atoms with Gasteiger partial charge in [-0.3, -0.25) is 0 Å². The maximum atomic E-state index is 6.58. The van der Waals surface area contributed by atoms with E-state index in [1.54, 1.807) is 0 Å². The van der Waals surface area contributed by atoms with Gasteiger partial charge in [-0.15, -0.1) is 6.04 Å². The first-order chi connectivity index (χ1) is 1.73. The van der Waals surface area contributed by atoms with Gasteiger partial charge in [-0.05, 0) is 0 Å². The quantitative estimate of drug-likeness (QED) is 0.498. The third-order valence-corrected chi connectivity index (χ3v) is 0. The summed E-state index contributed by atoms with van der Waals surface area (Å²) in [7, 11) is 0. The molecule has 26 valence electrons. The normalized spacial score (nSPS) is 7.20. The van der Waals surface area contributed by atoms with Crippen molar-refractivity contribution in [2.24, 2.45) is 0 Å². The molecule has 0 unspecified atom stereocenters. The summed E-state index contributed by atoms with van der Waals surface area (Å²) in [6.45, 7) is 3.67. The van der Waals surface area contributed by atoms with Crippen molar-refractivity contribution in [2.75, 3.05) is 0 Å². The van der Waals surface area contributed by atoms with Gasteiger partial charge in [-0.25, -0.2) is 0 Å². The Morgan fingerprint density at radius 2 is 1.40 bits per heavy atom. The smallest absolute Gasteiger partial charge is 0.675 e. The van der Waals surface area contributed by atoms with Gasteiger partial charge in [-0.2, -0.15) is 0 Å². The molecule has 0 saturated heterocycles. The second-order valence-corrected chi connectivity index (χ2v) is 1.15. The third-order valence-electron chi connectivity index (χ3n) is 0. The van der Waals surface area contributed by atoms with E-state index < -0.39 is 0 Å². The van der Waals surface area contributed by atoms with Crippen LogP contribution in [-0.2, 0) is 26.2 Å². The fourth-order valence-corrected chi connectivity index (χ4v) is 0. The van der Waals surface area contributed by atoms with Gasteiger partial charge in [0.1, 0.15) is 0 Å². The summed E-state index contributed by atoms with van der Waals surface area (Å²) in [6.07, 6.45) is 0. The molecule has 0 aromatic heterocycles. The van der Waals surface area contributed by atoms with Crippen molar-refractivity contribution in [3.05, 3.63) is 5.73 Å². The average molecular weight is 149 g/mol. The standard InChI is InChI=1S/C3H8N.Zr/c1-3(2)4;/h3-4H,1-2H3;/q-1;+4. The van der Waals surface area contributed by atoms with Crippen LogP contribution in [0.2, 0.25) is 0 Å². The van der Waals surface area contributed by atoms with E-state index in [0.29, 0.717) is 0 Å². The maximum absolute atomic E-state index is 6.58. The Bertz CT molecular complexity index is 11.6. The minimum absolute atomic E-state index is 0. The van der Waals surface area contributed by atoms with E-state index in [1.165, 1.54) is 0 Å². The molecule has 0 aliphatic carbocycles. The van der Waals surface area contributed by atoms with Crippen LogP contribution < -0.4 is 0 Å². The van der Waals surface area contributed by atoms with Gasteiger partial charge in [0.25, 0.3) is 0 Å². The Morgan fingerprint density at radius 1 is 1.40 bits per heavy atom. The monoisotopic (exact) mass is 148 g/mol. The van der Waals surface area contributed by atoms with E-state index in [-0.39, 0.29) is 32.2 Å². The van der Waals surface area contributed by atoms with Crippen molar-refractivity contribution in [1.82, 2.24) is 0 Å². The Labute approximate surface area is 52.1 Å². The van der Waals surface area contributed by atoms with E-state index in [1.807, 2.05) is 13.8 Å². The number of nitrogens with one attached hydrogen (secondary N) is 1. The van der Waals surface area contributed by atoms with Crippen LogP contribution in [0.4, 0.5) is 0 Å². The first-order valence-electron chi connectivity index (χ1n) is 1.44. The summed E-state index contributed by atoms with van der Waals surface area (Å²) in [5, 5.41) is 0. The molecule has 2 heteroatoms. The second kappa shape index (κ2) is 4.84. The van der Waals surface area contributed by atoms with Gasteiger partial charge in [0.15, 0.2) is 0 Å². The summed E-state index contributed by atoms with van der Waals surface area (Å²) in [4.78, 5) is 0. The fraction of sp³-hybridized carbons (Fsp3) is 1.00. The molecule has 0 bridgehead atoms. The van der Waals surface area contributed by atoms with Crippen LogP contribution in [0.5, 0.6) is 0 Å². The van der Waals surface area contributed by atoms with Gasteiger partial charge >= 0.3 is 26.2 Å². The summed E-state index contributed by atoms with van der Waals surface area (Å²) >= 11 is 0. The number of hydrogen-bond donors (Lipinski definition) is 0. The average Bonchev–Trinajstić information content (AvgIpc) is 0.811. The van der Waals surface area contributed by atoms with Crippen LogP contribution >= 0.6 is 0 Å². The largest absolute Gasteiger partial charge is 4.00 e. The molecule has 1 nitrogen and oxygen atoms in total. The fourth-order valence-electron chi connectivity index (χ4n) is 0. The van der Waals surface area contributed by atoms with Crippen molar-refractivity contribution < 1.29 is 26.2 Å². The van der Waals surface area contributed by atoms with Crippen molar-refractivity contribution in [3.8, 4) is 0 Å². The molecule has 5 heavy (non-hydrogen) atoms. The minimum atomic E-state index is 0. The molecule has 0 saturated carbocycles. The molecule has 0 fully saturated rings. The van der Waals surface area contributed by atoms with Crippen LogP contribution in [0.15, 0.2) is 0 Å². The molecule has 0 amide bonds. The zero-order valence-corrected chi connectivity index (χ0v) is 6.04.